The molecule has 1 amide bonds. The van der Waals surface area contributed by atoms with Gasteiger partial charge in [-0.3, -0.25) is 9.69 Å². The number of carbonyl (C=O) groups is 1. The van der Waals surface area contributed by atoms with Crippen LogP contribution in [-0.2, 0) is 4.79 Å². The lowest BCUT2D eigenvalue weighted by molar-refractivity contribution is -0.140. The molecule has 0 bridgehead atoms. The number of amides is 1. The molecule has 0 aromatic rings. The second-order valence-corrected chi connectivity index (χ2v) is 6.70. The van der Waals surface area contributed by atoms with Gasteiger partial charge >= 0.3 is 0 Å². The van der Waals surface area contributed by atoms with Crippen molar-refractivity contribution < 1.29 is 9.90 Å². The second-order valence-electron chi connectivity index (χ2n) is 6.70. The molecular formula is C16H30N2O2. The van der Waals surface area contributed by atoms with Crippen LogP contribution < -0.4 is 0 Å². The number of aliphatic hydroxyl groups excluding tert-OH is 1. The molecule has 2 aliphatic rings. The highest BCUT2D eigenvalue weighted by atomic mass is 16.3. The largest absolute Gasteiger partial charge is 0.384 e. The Morgan fingerprint density at radius 3 is 2.25 bits per heavy atom. The molecular weight excluding hydrogens is 252 g/mol. The van der Waals surface area contributed by atoms with Crippen LogP contribution >= 0.6 is 0 Å². The molecule has 20 heavy (non-hydrogen) atoms. The summed E-state index contributed by atoms with van der Waals surface area (Å²) in [5.41, 5.74) is 0.165. The van der Waals surface area contributed by atoms with Crippen LogP contribution in [0.3, 0.4) is 0 Å². The van der Waals surface area contributed by atoms with Crippen LogP contribution in [0.15, 0.2) is 0 Å². The zero-order valence-electron chi connectivity index (χ0n) is 13.1. The summed E-state index contributed by atoms with van der Waals surface area (Å²) in [7, 11) is 1.84. The van der Waals surface area contributed by atoms with E-state index in [4.69, 9.17) is 0 Å². The third kappa shape index (κ3) is 3.53. The van der Waals surface area contributed by atoms with Gasteiger partial charge in [-0.15, -0.1) is 0 Å². The summed E-state index contributed by atoms with van der Waals surface area (Å²) in [6.07, 6.45) is 9.29. The topological polar surface area (TPSA) is 43.8 Å². The number of likely N-dealkylation sites (N-methyl/N-ethyl adjacent to an activating group) is 1. The van der Waals surface area contributed by atoms with E-state index >= 15 is 0 Å². The molecule has 0 aromatic carbocycles. The molecule has 0 spiro atoms. The van der Waals surface area contributed by atoms with Gasteiger partial charge in [0.15, 0.2) is 0 Å². The molecule has 1 heterocycles. The summed E-state index contributed by atoms with van der Waals surface area (Å²) in [6, 6.07) is 0. The van der Waals surface area contributed by atoms with Crippen LogP contribution in [0.1, 0.15) is 58.3 Å². The number of hydrogen-bond acceptors (Lipinski definition) is 3. The van der Waals surface area contributed by atoms with Crippen molar-refractivity contribution in [2.45, 2.75) is 69.9 Å². The Hall–Kier alpha value is -0.610. The molecule has 0 radical (unpaired) electrons. The highest BCUT2D eigenvalue weighted by Gasteiger charge is 2.40. The van der Waals surface area contributed by atoms with Crippen molar-refractivity contribution in [2.75, 3.05) is 26.7 Å². The summed E-state index contributed by atoms with van der Waals surface area (Å²) < 4.78 is 0. The first kappa shape index (κ1) is 15.8. The predicted octanol–water partition coefficient (Wildman–Crippen LogP) is 2.01. The third-order valence-corrected chi connectivity index (χ3v) is 5.08. The van der Waals surface area contributed by atoms with Gasteiger partial charge < -0.3 is 10.0 Å². The molecule has 1 aliphatic heterocycles. The molecule has 4 heteroatoms. The van der Waals surface area contributed by atoms with Crippen LogP contribution in [0.4, 0.5) is 0 Å². The van der Waals surface area contributed by atoms with E-state index in [1.807, 2.05) is 7.05 Å². The van der Waals surface area contributed by atoms with Crippen molar-refractivity contribution in [3.8, 4) is 0 Å². The Morgan fingerprint density at radius 2 is 1.70 bits per heavy atom. The monoisotopic (exact) mass is 282 g/mol. The van der Waals surface area contributed by atoms with Gasteiger partial charge in [-0.2, -0.15) is 0 Å². The normalized spacial score (nSPS) is 25.1. The fraction of sp³-hybridized carbons (Fsp3) is 0.938. The lowest BCUT2D eigenvalue weighted by Crippen LogP contribution is -2.59. The minimum atomic E-state index is -0.887. The second kappa shape index (κ2) is 6.90. The number of hydrogen-bond donors (Lipinski definition) is 1. The van der Waals surface area contributed by atoms with Crippen LogP contribution in [0.2, 0.25) is 0 Å². The summed E-state index contributed by atoms with van der Waals surface area (Å²) in [5.74, 6) is -0.146. The maximum absolute atomic E-state index is 12.0. The standard InChI is InChI=1S/C16H30N2O2/c1-14(19)15(20)17(2)13-16(9-5-3-6-10-16)18-11-7-4-8-12-18/h14,19H,3-13H2,1-2H3/t14-/m1/s1. The molecule has 1 N–H and O–H groups in total. The quantitative estimate of drug-likeness (QED) is 0.858. The van der Waals surface area contributed by atoms with E-state index in [2.05, 4.69) is 4.90 Å². The van der Waals surface area contributed by atoms with E-state index in [-0.39, 0.29) is 11.4 Å². The smallest absolute Gasteiger partial charge is 0.250 e. The van der Waals surface area contributed by atoms with Gasteiger partial charge in [0.05, 0.1) is 0 Å². The first-order valence-corrected chi connectivity index (χ1v) is 8.23. The predicted molar refractivity (Wildman–Crippen MR) is 80.6 cm³/mol. The fourth-order valence-electron chi connectivity index (χ4n) is 3.99. The molecule has 4 nitrogen and oxygen atoms in total. The van der Waals surface area contributed by atoms with Crippen molar-refractivity contribution in [3.63, 3.8) is 0 Å². The van der Waals surface area contributed by atoms with E-state index in [1.54, 1.807) is 11.8 Å². The lowest BCUT2D eigenvalue weighted by atomic mass is 9.78. The number of nitrogens with zero attached hydrogens (tertiary/aromatic N) is 2. The number of piperidine rings is 1. The number of likely N-dealkylation sites (tertiary alicyclic amines) is 1. The average Bonchev–Trinajstić information content (AvgIpc) is 2.48. The molecule has 1 atom stereocenters. The Morgan fingerprint density at radius 1 is 1.15 bits per heavy atom. The van der Waals surface area contributed by atoms with E-state index in [0.29, 0.717) is 0 Å². The van der Waals surface area contributed by atoms with Crippen LogP contribution in [0, 0.1) is 0 Å². The van der Waals surface area contributed by atoms with E-state index in [1.165, 1.54) is 64.5 Å². The molecule has 1 saturated heterocycles. The summed E-state index contributed by atoms with van der Waals surface area (Å²) in [4.78, 5) is 16.4. The highest BCUT2D eigenvalue weighted by molar-refractivity contribution is 5.80. The molecule has 0 aromatic heterocycles. The number of carbonyl (C=O) groups excluding carboxylic acids is 1. The lowest BCUT2D eigenvalue weighted by Gasteiger charge is -2.50. The van der Waals surface area contributed by atoms with Crippen molar-refractivity contribution >= 4 is 5.91 Å². The molecule has 0 unspecified atom stereocenters. The van der Waals surface area contributed by atoms with Crippen LogP contribution in [0.5, 0.6) is 0 Å². The Labute approximate surface area is 123 Å². The fourth-order valence-corrected chi connectivity index (χ4v) is 3.99. The van der Waals surface area contributed by atoms with Gasteiger partial charge in [0.2, 0.25) is 0 Å². The summed E-state index contributed by atoms with van der Waals surface area (Å²) in [5, 5.41) is 9.51. The first-order valence-electron chi connectivity index (χ1n) is 8.23. The Bertz CT molecular complexity index is 318. The average molecular weight is 282 g/mol. The van der Waals surface area contributed by atoms with Gasteiger partial charge in [0.25, 0.3) is 5.91 Å². The summed E-state index contributed by atoms with van der Waals surface area (Å²) >= 11 is 0. The SMILES string of the molecule is C[C@@H](O)C(=O)N(C)CC1(N2CCCCC2)CCCCC1. The van der Waals surface area contributed by atoms with Gasteiger partial charge in [0.1, 0.15) is 6.10 Å². The molecule has 116 valence electrons. The van der Waals surface area contributed by atoms with Gasteiger partial charge in [-0.05, 0) is 45.7 Å². The minimum Gasteiger partial charge on any atom is -0.384 e. The molecule has 2 fully saturated rings. The zero-order chi connectivity index (χ0) is 14.6. The van der Waals surface area contributed by atoms with E-state index in [0.717, 1.165) is 6.54 Å². The Balaban J connectivity index is 2.08. The van der Waals surface area contributed by atoms with Gasteiger partial charge in [-0.1, -0.05) is 25.7 Å². The van der Waals surface area contributed by atoms with Gasteiger partial charge in [-0.25, -0.2) is 0 Å². The van der Waals surface area contributed by atoms with E-state index < -0.39 is 6.10 Å². The van der Waals surface area contributed by atoms with Crippen LogP contribution in [-0.4, -0.2) is 59.1 Å². The first-order chi connectivity index (χ1) is 9.55. The van der Waals surface area contributed by atoms with Gasteiger partial charge in [0, 0.05) is 19.1 Å². The maximum Gasteiger partial charge on any atom is 0.250 e. The molecule has 1 aliphatic carbocycles. The molecule has 2 rings (SSSR count). The Kier molecular flexibility index (Phi) is 5.44. The van der Waals surface area contributed by atoms with Crippen molar-refractivity contribution in [2.24, 2.45) is 0 Å². The maximum atomic E-state index is 12.0. The van der Waals surface area contributed by atoms with E-state index in [9.17, 15) is 9.90 Å². The summed E-state index contributed by atoms with van der Waals surface area (Å²) in [6.45, 7) is 4.69. The van der Waals surface area contributed by atoms with Crippen molar-refractivity contribution in [3.05, 3.63) is 0 Å². The van der Waals surface area contributed by atoms with Crippen molar-refractivity contribution in [1.82, 2.24) is 9.80 Å². The minimum absolute atomic E-state index is 0.146. The third-order valence-electron chi connectivity index (χ3n) is 5.08. The zero-order valence-corrected chi connectivity index (χ0v) is 13.1. The van der Waals surface area contributed by atoms with Crippen LogP contribution in [0.25, 0.3) is 0 Å². The number of aliphatic hydroxyl groups is 1. The number of rotatable bonds is 4. The van der Waals surface area contributed by atoms with Crippen molar-refractivity contribution in [1.29, 1.82) is 0 Å². The highest BCUT2D eigenvalue weighted by Crippen LogP contribution is 2.36. The molecule has 1 saturated carbocycles.